The molecular weight excluding hydrogens is 571 g/mol. The second kappa shape index (κ2) is 12.0. The van der Waals surface area contributed by atoms with E-state index in [1.54, 1.807) is 19.1 Å². The number of allylic oxidation sites excluding steroid dienone is 2. The summed E-state index contributed by atoms with van der Waals surface area (Å²) in [6.45, 7) is 7.29. The van der Waals surface area contributed by atoms with E-state index in [-0.39, 0.29) is 28.2 Å². The van der Waals surface area contributed by atoms with Crippen molar-refractivity contribution in [1.82, 2.24) is 24.6 Å². The Morgan fingerprint density at radius 2 is 1.76 bits per heavy atom. The van der Waals surface area contributed by atoms with Gasteiger partial charge in [-0.05, 0) is 55.8 Å². The molecule has 218 valence electrons. The van der Waals surface area contributed by atoms with E-state index in [2.05, 4.69) is 27.2 Å². The number of hydrogen-bond donors (Lipinski definition) is 2. The first-order chi connectivity index (χ1) is 19.8. The minimum absolute atomic E-state index is 0.0531. The molecule has 0 spiro atoms. The minimum atomic E-state index is -4.60. The van der Waals surface area contributed by atoms with Gasteiger partial charge in [-0.2, -0.15) is 13.2 Å². The van der Waals surface area contributed by atoms with Gasteiger partial charge in [0, 0.05) is 28.5 Å². The van der Waals surface area contributed by atoms with Crippen LogP contribution < -0.4 is 10.6 Å². The summed E-state index contributed by atoms with van der Waals surface area (Å²) < 4.78 is 66.4. The molecule has 9 nitrogen and oxygen atoms in total. The van der Waals surface area contributed by atoms with E-state index in [0.717, 1.165) is 27.7 Å². The van der Waals surface area contributed by atoms with E-state index >= 15 is 0 Å². The van der Waals surface area contributed by atoms with Gasteiger partial charge in [0.05, 0.1) is 22.6 Å². The van der Waals surface area contributed by atoms with Gasteiger partial charge in [-0.25, -0.2) is 22.4 Å². The number of aromatic nitrogens is 3. The fraction of sp³-hybridized carbons (Fsp3) is 0.172. The van der Waals surface area contributed by atoms with Crippen molar-refractivity contribution in [3.05, 3.63) is 114 Å². The van der Waals surface area contributed by atoms with Crippen molar-refractivity contribution >= 4 is 32.9 Å². The standard InChI is InChI=1S/C29H26F3N5O4S/c1-4-22(14-19(3)35-28(39)20-6-5-7-21(15-20)29(30,31)32)36-26(38)16-25-24-12-13-37(27(24)34-17-33-25)42(40,41)23-10-8-18(2)9-11-23/h5-15,17H,3-4,16H2,1-2H3,(H,35,39)(H,36,38)/b22-14-. The van der Waals surface area contributed by atoms with Crippen LogP contribution >= 0.6 is 0 Å². The lowest BCUT2D eigenvalue weighted by Crippen LogP contribution is -2.27. The largest absolute Gasteiger partial charge is 0.416 e. The fourth-order valence-corrected chi connectivity index (χ4v) is 5.34. The molecule has 0 aliphatic rings. The Labute approximate surface area is 239 Å². The molecule has 2 aromatic carbocycles. The van der Waals surface area contributed by atoms with Gasteiger partial charge in [-0.1, -0.05) is 37.3 Å². The SMILES string of the molecule is C=C(/C=C(/CC)NC(=O)Cc1ncnc2c1ccn2S(=O)(=O)c1ccc(C)cc1)NC(=O)c1cccc(C(F)(F)F)c1. The topological polar surface area (TPSA) is 123 Å². The third kappa shape index (κ3) is 6.74. The average Bonchev–Trinajstić information content (AvgIpc) is 3.39. The highest BCUT2D eigenvalue weighted by molar-refractivity contribution is 7.90. The van der Waals surface area contributed by atoms with E-state index in [9.17, 15) is 31.2 Å². The Morgan fingerprint density at radius 3 is 2.43 bits per heavy atom. The molecule has 0 saturated heterocycles. The van der Waals surface area contributed by atoms with Gasteiger partial charge in [0.25, 0.3) is 15.9 Å². The molecule has 42 heavy (non-hydrogen) atoms. The van der Waals surface area contributed by atoms with E-state index in [4.69, 9.17) is 0 Å². The molecule has 0 aliphatic heterocycles. The van der Waals surface area contributed by atoms with Gasteiger partial charge in [0.1, 0.15) is 6.33 Å². The van der Waals surface area contributed by atoms with Gasteiger partial charge in [-0.15, -0.1) is 0 Å². The Balaban J connectivity index is 1.47. The number of alkyl halides is 3. The maximum atomic E-state index is 13.2. The molecule has 2 amide bonds. The third-order valence-corrected chi connectivity index (χ3v) is 7.87. The zero-order valence-corrected chi connectivity index (χ0v) is 23.4. The monoisotopic (exact) mass is 597 g/mol. The van der Waals surface area contributed by atoms with E-state index in [0.29, 0.717) is 23.2 Å². The van der Waals surface area contributed by atoms with E-state index < -0.39 is 33.6 Å². The molecule has 0 saturated carbocycles. The number of benzene rings is 2. The Kier molecular flexibility index (Phi) is 8.62. The van der Waals surface area contributed by atoms with Gasteiger partial charge in [0.2, 0.25) is 5.91 Å². The lowest BCUT2D eigenvalue weighted by Gasteiger charge is -2.12. The molecule has 2 N–H and O–H groups in total. The van der Waals surface area contributed by atoms with Crippen molar-refractivity contribution in [2.24, 2.45) is 0 Å². The van der Waals surface area contributed by atoms with Crippen LogP contribution in [0.1, 0.15) is 40.5 Å². The molecule has 4 rings (SSSR count). The van der Waals surface area contributed by atoms with Crippen molar-refractivity contribution in [2.45, 2.75) is 37.8 Å². The maximum absolute atomic E-state index is 13.2. The Hall–Kier alpha value is -4.78. The number of nitrogens with zero attached hydrogens (tertiary/aromatic N) is 3. The summed E-state index contributed by atoms with van der Waals surface area (Å²) in [5.74, 6) is -1.27. The molecule has 2 aromatic heterocycles. The third-order valence-electron chi connectivity index (χ3n) is 6.19. The highest BCUT2D eigenvalue weighted by Crippen LogP contribution is 2.29. The van der Waals surface area contributed by atoms with Gasteiger partial charge >= 0.3 is 6.18 Å². The van der Waals surface area contributed by atoms with Crippen LogP contribution in [0.2, 0.25) is 0 Å². The first kappa shape index (κ1) is 30.2. The van der Waals surface area contributed by atoms with Crippen molar-refractivity contribution in [3.8, 4) is 0 Å². The van der Waals surface area contributed by atoms with E-state index in [1.165, 1.54) is 42.9 Å². The number of nitrogens with one attached hydrogen (secondary N) is 2. The van der Waals surface area contributed by atoms with Crippen LogP contribution in [-0.2, 0) is 27.4 Å². The van der Waals surface area contributed by atoms with Crippen molar-refractivity contribution < 1.29 is 31.2 Å². The molecule has 2 heterocycles. The lowest BCUT2D eigenvalue weighted by molar-refractivity contribution is -0.137. The molecule has 0 bridgehead atoms. The second-order valence-electron chi connectivity index (χ2n) is 9.29. The molecular formula is C29H26F3N5O4S. The zero-order chi connectivity index (χ0) is 30.7. The molecule has 0 radical (unpaired) electrons. The summed E-state index contributed by atoms with van der Waals surface area (Å²) in [5, 5.41) is 5.49. The van der Waals surface area contributed by atoms with Crippen molar-refractivity contribution in [3.63, 3.8) is 0 Å². The van der Waals surface area contributed by atoms with Gasteiger partial charge in [0.15, 0.2) is 5.65 Å². The number of aryl methyl sites for hydroxylation is 1. The highest BCUT2D eigenvalue weighted by Gasteiger charge is 2.31. The minimum Gasteiger partial charge on any atom is -0.329 e. The van der Waals surface area contributed by atoms with Crippen LogP contribution in [-0.4, -0.2) is 34.2 Å². The van der Waals surface area contributed by atoms with Crippen LogP contribution in [0.4, 0.5) is 13.2 Å². The number of halogens is 3. The fourth-order valence-electron chi connectivity index (χ4n) is 4.04. The molecule has 0 atom stereocenters. The van der Waals surface area contributed by atoms with Crippen LogP contribution in [0.15, 0.2) is 96.1 Å². The predicted molar refractivity (Wildman–Crippen MR) is 150 cm³/mol. The first-order valence-electron chi connectivity index (χ1n) is 12.6. The number of amides is 2. The summed E-state index contributed by atoms with van der Waals surface area (Å²) >= 11 is 0. The van der Waals surface area contributed by atoms with Crippen LogP contribution in [0.25, 0.3) is 11.0 Å². The quantitative estimate of drug-likeness (QED) is 0.265. The number of fused-ring (bicyclic) bond motifs is 1. The molecule has 4 aromatic rings. The zero-order valence-electron chi connectivity index (χ0n) is 22.6. The molecule has 0 fully saturated rings. The predicted octanol–water partition coefficient (Wildman–Crippen LogP) is 4.89. The molecule has 0 unspecified atom stereocenters. The summed E-state index contributed by atoms with van der Waals surface area (Å²) in [4.78, 5) is 33.7. The van der Waals surface area contributed by atoms with Crippen molar-refractivity contribution in [1.29, 1.82) is 0 Å². The van der Waals surface area contributed by atoms with Crippen molar-refractivity contribution in [2.75, 3.05) is 0 Å². The molecule has 0 aliphatic carbocycles. The summed E-state index contributed by atoms with van der Waals surface area (Å²) in [6.07, 6.45) is -0.565. The first-order valence-corrected chi connectivity index (χ1v) is 14.0. The number of rotatable bonds is 9. The normalized spacial score (nSPS) is 12.3. The second-order valence-corrected chi connectivity index (χ2v) is 11.1. The van der Waals surface area contributed by atoms with Crippen LogP contribution in [0.5, 0.6) is 0 Å². The highest BCUT2D eigenvalue weighted by atomic mass is 32.2. The maximum Gasteiger partial charge on any atom is 0.416 e. The lowest BCUT2D eigenvalue weighted by atomic mass is 10.1. The average molecular weight is 598 g/mol. The number of carbonyl (C=O) groups excluding carboxylic acids is 2. The van der Waals surface area contributed by atoms with E-state index in [1.807, 2.05) is 6.92 Å². The van der Waals surface area contributed by atoms with Gasteiger partial charge in [-0.3, -0.25) is 9.59 Å². The van der Waals surface area contributed by atoms with Gasteiger partial charge < -0.3 is 10.6 Å². The van der Waals surface area contributed by atoms with Crippen LogP contribution in [0.3, 0.4) is 0 Å². The Morgan fingerprint density at radius 1 is 1.05 bits per heavy atom. The smallest absolute Gasteiger partial charge is 0.329 e. The summed E-state index contributed by atoms with van der Waals surface area (Å²) in [6, 6.07) is 11.9. The molecule has 13 heteroatoms. The Bertz CT molecular complexity index is 1810. The summed E-state index contributed by atoms with van der Waals surface area (Å²) in [5.41, 5.74) is 0.582. The number of hydrogen-bond acceptors (Lipinski definition) is 6. The number of carbonyl (C=O) groups is 2. The summed E-state index contributed by atoms with van der Waals surface area (Å²) in [7, 11) is -3.94. The van der Waals surface area contributed by atoms with Crippen LogP contribution in [0, 0.1) is 6.92 Å².